The number of halogens is 1. The summed E-state index contributed by atoms with van der Waals surface area (Å²) in [6.45, 7) is 2.32. The Balaban J connectivity index is 3.07. The van der Waals surface area contributed by atoms with E-state index in [0.717, 1.165) is 10.9 Å². The molecule has 0 radical (unpaired) electrons. The first-order valence-corrected chi connectivity index (χ1v) is 6.07. The molecule has 4 nitrogen and oxygen atoms in total. The summed E-state index contributed by atoms with van der Waals surface area (Å²) >= 11 is 3.31. The van der Waals surface area contributed by atoms with Crippen molar-refractivity contribution in [1.29, 1.82) is 0 Å². The zero-order valence-electron chi connectivity index (χ0n) is 9.77. The lowest BCUT2D eigenvalue weighted by atomic mass is 10.1. The Morgan fingerprint density at radius 1 is 1.53 bits per heavy atom. The minimum atomic E-state index is -1.02. The van der Waals surface area contributed by atoms with Crippen molar-refractivity contribution in [2.24, 2.45) is 0 Å². The zero-order chi connectivity index (χ0) is 12.8. The van der Waals surface area contributed by atoms with Gasteiger partial charge in [-0.25, -0.2) is 4.79 Å². The molecule has 1 N–H and O–H groups in total. The molecule has 0 spiro atoms. The molecule has 0 bridgehead atoms. The van der Waals surface area contributed by atoms with Crippen LogP contribution in [0.2, 0.25) is 0 Å². The fourth-order valence-electron chi connectivity index (χ4n) is 1.44. The molecule has 5 heteroatoms. The standard InChI is InChI=1S/C12H15BrO4/c1-3-6-17-11(12(14)15)9-7-8(13)4-5-10(9)16-2/h4-5,7,11H,3,6H2,1-2H3,(H,14,15). The fraction of sp³-hybridized carbons (Fsp3) is 0.417. The smallest absolute Gasteiger partial charge is 0.337 e. The first-order chi connectivity index (χ1) is 8.10. The highest BCUT2D eigenvalue weighted by Crippen LogP contribution is 2.30. The fourth-order valence-corrected chi connectivity index (χ4v) is 1.82. The predicted molar refractivity (Wildman–Crippen MR) is 67.3 cm³/mol. The van der Waals surface area contributed by atoms with Gasteiger partial charge in [-0.2, -0.15) is 0 Å². The maximum absolute atomic E-state index is 11.2. The lowest BCUT2D eigenvalue weighted by molar-refractivity contribution is -0.151. The third-order valence-corrected chi connectivity index (χ3v) is 2.68. The third-order valence-electron chi connectivity index (χ3n) is 2.19. The first kappa shape index (κ1) is 14.0. The molecular formula is C12H15BrO4. The van der Waals surface area contributed by atoms with Crippen LogP contribution in [0.25, 0.3) is 0 Å². The molecule has 0 aliphatic heterocycles. The molecule has 0 aromatic heterocycles. The van der Waals surface area contributed by atoms with Crippen molar-refractivity contribution in [1.82, 2.24) is 0 Å². The number of carbonyl (C=O) groups is 1. The summed E-state index contributed by atoms with van der Waals surface area (Å²) < 4.78 is 11.3. The van der Waals surface area contributed by atoms with E-state index in [9.17, 15) is 4.79 Å². The van der Waals surface area contributed by atoms with E-state index in [2.05, 4.69) is 15.9 Å². The molecule has 1 aromatic carbocycles. The number of hydrogen-bond acceptors (Lipinski definition) is 3. The van der Waals surface area contributed by atoms with Crippen molar-refractivity contribution < 1.29 is 19.4 Å². The van der Waals surface area contributed by atoms with Crippen molar-refractivity contribution >= 4 is 21.9 Å². The second-order valence-corrected chi connectivity index (χ2v) is 4.39. The van der Waals surface area contributed by atoms with Gasteiger partial charge in [0.2, 0.25) is 0 Å². The number of hydrogen-bond donors (Lipinski definition) is 1. The van der Waals surface area contributed by atoms with E-state index in [1.165, 1.54) is 7.11 Å². The van der Waals surface area contributed by atoms with Crippen molar-refractivity contribution in [3.05, 3.63) is 28.2 Å². The quantitative estimate of drug-likeness (QED) is 0.877. The van der Waals surface area contributed by atoms with Crippen LogP contribution in [0.4, 0.5) is 0 Å². The highest BCUT2D eigenvalue weighted by molar-refractivity contribution is 9.10. The van der Waals surface area contributed by atoms with Crippen molar-refractivity contribution in [2.45, 2.75) is 19.4 Å². The average Bonchev–Trinajstić information content (AvgIpc) is 2.29. The maximum Gasteiger partial charge on any atom is 0.337 e. The summed E-state index contributed by atoms with van der Waals surface area (Å²) in [5, 5.41) is 9.17. The first-order valence-electron chi connectivity index (χ1n) is 5.28. The van der Waals surface area contributed by atoms with Crippen LogP contribution in [0.15, 0.2) is 22.7 Å². The molecule has 94 valence electrons. The summed E-state index contributed by atoms with van der Waals surface area (Å²) in [5.41, 5.74) is 0.517. The van der Waals surface area contributed by atoms with Crippen LogP contribution < -0.4 is 4.74 Å². The van der Waals surface area contributed by atoms with Crippen LogP contribution in [-0.4, -0.2) is 24.8 Å². The van der Waals surface area contributed by atoms with E-state index in [4.69, 9.17) is 14.6 Å². The predicted octanol–water partition coefficient (Wildman–Crippen LogP) is 3.01. The summed E-state index contributed by atoms with van der Waals surface area (Å²) in [7, 11) is 1.51. The van der Waals surface area contributed by atoms with Gasteiger partial charge in [0.15, 0.2) is 6.10 Å². The van der Waals surface area contributed by atoms with E-state index < -0.39 is 12.1 Å². The molecule has 0 heterocycles. The van der Waals surface area contributed by atoms with E-state index in [-0.39, 0.29) is 0 Å². The number of carboxylic acids is 1. The monoisotopic (exact) mass is 302 g/mol. The Morgan fingerprint density at radius 3 is 2.76 bits per heavy atom. The topological polar surface area (TPSA) is 55.8 Å². The Labute approximate surface area is 109 Å². The van der Waals surface area contributed by atoms with Crippen LogP contribution >= 0.6 is 15.9 Å². The van der Waals surface area contributed by atoms with Crippen molar-refractivity contribution in [3.63, 3.8) is 0 Å². The number of benzene rings is 1. The second-order valence-electron chi connectivity index (χ2n) is 3.48. The van der Waals surface area contributed by atoms with Crippen LogP contribution in [-0.2, 0) is 9.53 Å². The van der Waals surface area contributed by atoms with Gasteiger partial charge in [0.05, 0.1) is 7.11 Å². The SMILES string of the molecule is CCCOC(C(=O)O)c1cc(Br)ccc1OC. The van der Waals surface area contributed by atoms with E-state index in [1.807, 2.05) is 6.92 Å². The highest BCUT2D eigenvalue weighted by Gasteiger charge is 2.24. The van der Waals surface area contributed by atoms with Gasteiger partial charge < -0.3 is 14.6 Å². The number of ether oxygens (including phenoxy) is 2. The molecule has 0 saturated carbocycles. The van der Waals surface area contributed by atoms with Gasteiger partial charge in [-0.05, 0) is 24.6 Å². The summed E-state index contributed by atoms with van der Waals surface area (Å²) in [6, 6.07) is 5.21. The number of aliphatic carboxylic acids is 1. The van der Waals surface area contributed by atoms with Gasteiger partial charge in [-0.3, -0.25) is 0 Å². The molecule has 0 amide bonds. The lowest BCUT2D eigenvalue weighted by Gasteiger charge is -2.16. The van der Waals surface area contributed by atoms with Gasteiger partial charge in [-0.1, -0.05) is 22.9 Å². The second kappa shape index (κ2) is 6.61. The molecule has 0 saturated heterocycles. The van der Waals surface area contributed by atoms with Crippen LogP contribution in [0.5, 0.6) is 5.75 Å². The van der Waals surface area contributed by atoms with Gasteiger partial charge >= 0.3 is 5.97 Å². The molecule has 17 heavy (non-hydrogen) atoms. The average molecular weight is 303 g/mol. The maximum atomic E-state index is 11.2. The van der Waals surface area contributed by atoms with Crippen molar-refractivity contribution in [3.8, 4) is 5.75 Å². The van der Waals surface area contributed by atoms with Gasteiger partial charge in [0.25, 0.3) is 0 Å². The van der Waals surface area contributed by atoms with Gasteiger partial charge in [-0.15, -0.1) is 0 Å². The molecule has 0 aliphatic carbocycles. The van der Waals surface area contributed by atoms with Crippen molar-refractivity contribution in [2.75, 3.05) is 13.7 Å². The van der Waals surface area contributed by atoms with E-state index in [0.29, 0.717) is 17.9 Å². The molecule has 1 rings (SSSR count). The lowest BCUT2D eigenvalue weighted by Crippen LogP contribution is -2.16. The highest BCUT2D eigenvalue weighted by atomic mass is 79.9. The van der Waals surface area contributed by atoms with Gasteiger partial charge in [0.1, 0.15) is 5.75 Å². The Hall–Kier alpha value is -1.07. The largest absolute Gasteiger partial charge is 0.496 e. The van der Waals surface area contributed by atoms with Crippen LogP contribution in [0, 0.1) is 0 Å². The Bertz CT molecular complexity index is 392. The molecule has 0 fully saturated rings. The van der Waals surface area contributed by atoms with Crippen LogP contribution in [0.3, 0.4) is 0 Å². The summed E-state index contributed by atoms with van der Waals surface area (Å²) in [5.74, 6) is -0.508. The minimum absolute atomic E-state index is 0.395. The van der Waals surface area contributed by atoms with Gasteiger partial charge in [0, 0.05) is 16.6 Å². The molecular weight excluding hydrogens is 288 g/mol. The van der Waals surface area contributed by atoms with Crippen LogP contribution in [0.1, 0.15) is 25.0 Å². The normalized spacial score (nSPS) is 12.2. The zero-order valence-corrected chi connectivity index (χ0v) is 11.4. The summed E-state index contributed by atoms with van der Waals surface area (Å²) in [6.07, 6.45) is -0.234. The number of rotatable bonds is 6. The number of carboxylic acid groups (broad SMARTS) is 1. The Kier molecular flexibility index (Phi) is 5.44. The molecule has 1 aromatic rings. The van der Waals surface area contributed by atoms with E-state index >= 15 is 0 Å². The minimum Gasteiger partial charge on any atom is -0.496 e. The molecule has 0 aliphatic rings. The third kappa shape index (κ3) is 3.71. The van der Waals surface area contributed by atoms with E-state index in [1.54, 1.807) is 18.2 Å². The Morgan fingerprint density at radius 2 is 2.24 bits per heavy atom. The number of methoxy groups -OCH3 is 1. The summed E-state index contributed by atoms with van der Waals surface area (Å²) in [4.78, 5) is 11.2. The molecule has 1 unspecified atom stereocenters. The molecule has 1 atom stereocenters.